The molecule has 1 aromatic rings. The standard InChI is InChI=1S/C12H14BrF2N/c1-12(2)5-7(12)11(16)6-3-10(15)8(13)4-9(6)14/h3-4,7,11H,5,16H2,1-2H3. The zero-order valence-corrected chi connectivity index (χ0v) is 10.8. The first-order valence-corrected chi connectivity index (χ1v) is 6.02. The number of rotatable bonds is 2. The average Bonchev–Trinajstić information content (AvgIpc) is 2.80. The number of hydrogen-bond acceptors (Lipinski definition) is 1. The highest BCUT2D eigenvalue weighted by molar-refractivity contribution is 9.10. The van der Waals surface area contributed by atoms with Gasteiger partial charge in [0.15, 0.2) is 0 Å². The molecule has 0 saturated heterocycles. The van der Waals surface area contributed by atoms with E-state index in [1.54, 1.807) is 0 Å². The summed E-state index contributed by atoms with van der Waals surface area (Å²) >= 11 is 2.95. The van der Waals surface area contributed by atoms with Crippen molar-refractivity contribution < 1.29 is 8.78 Å². The van der Waals surface area contributed by atoms with Crippen molar-refractivity contribution in [3.63, 3.8) is 0 Å². The summed E-state index contributed by atoms with van der Waals surface area (Å²) in [5, 5.41) is 0. The fourth-order valence-corrected chi connectivity index (χ4v) is 2.45. The molecule has 2 N–H and O–H groups in total. The maximum absolute atomic E-state index is 13.6. The van der Waals surface area contributed by atoms with Gasteiger partial charge in [-0.2, -0.15) is 0 Å². The SMILES string of the molecule is CC1(C)CC1C(N)c1cc(F)c(Br)cc1F. The van der Waals surface area contributed by atoms with Gasteiger partial charge < -0.3 is 5.73 Å². The van der Waals surface area contributed by atoms with Crippen LogP contribution >= 0.6 is 15.9 Å². The van der Waals surface area contributed by atoms with Crippen LogP contribution in [0.5, 0.6) is 0 Å². The lowest BCUT2D eigenvalue weighted by Crippen LogP contribution is -2.17. The molecule has 0 aliphatic heterocycles. The van der Waals surface area contributed by atoms with Crippen molar-refractivity contribution in [1.82, 2.24) is 0 Å². The monoisotopic (exact) mass is 289 g/mol. The molecule has 4 heteroatoms. The number of halogens is 3. The number of hydrogen-bond donors (Lipinski definition) is 1. The second-order valence-corrected chi connectivity index (χ2v) is 5.97. The molecular formula is C12H14BrF2N. The Hall–Kier alpha value is -0.480. The van der Waals surface area contributed by atoms with Gasteiger partial charge in [-0.1, -0.05) is 13.8 Å². The lowest BCUT2D eigenvalue weighted by Gasteiger charge is -2.15. The molecule has 1 aliphatic rings. The van der Waals surface area contributed by atoms with Gasteiger partial charge >= 0.3 is 0 Å². The van der Waals surface area contributed by atoms with E-state index in [1.165, 1.54) is 6.07 Å². The zero-order chi connectivity index (χ0) is 12.1. The van der Waals surface area contributed by atoms with E-state index in [0.717, 1.165) is 12.5 Å². The molecule has 1 aliphatic carbocycles. The molecule has 1 aromatic carbocycles. The quantitative estimate of drug-likeness (QED) is 0.824. The molecule has 2 unspecified atom stereocenters. The fourth-order valence-electron chi connectivity index (χ4n) is 2.13. The molecule has 16 heavy (non-hydrogen) atoms. The van der Waals surface area contributed by atoms with Crippen molar-refractivity contribution in [2.24, 2.45) is 17.1 Å². The summed E-state index contributed by atoms with van der Waals surface area (Å²) in [4.78, 5) is 0. The normalized spacial score (nSPS) is 24.2. The Morgan fingerprint density at radius 1 is 1.38 bits per heavy atom. The molecule has 1 fully saturated rings. The third kappa shape index (κ3) is 2.00. The van der Waals surface area contributed by atoms with Crippen LogP contribution in [-0.4, -0.2) is 0 Å². The Morgan fingerprint density at radius 2 is 1.94 bits per heavy atom. The minimum Gasteiger partial charge on any atom is -0.324 e. The van der Waals surface area contributed by atoms with Gasteiger partial charge in [0, 0.05) is 11.6 Å². The molecule has 0 radical (unpaired) electrons. The van der Waals surface area contributed by atoms with Crippen molar-refractivity contribution in [2.45, 2.75) is 26.3 Å². The minimum atomic E-state index is -0.467. The summed E-state index contributed by atoms with van der Waals surface area (Å²) in [7, 11) is 0. The highest BCUT2D eigenvalue weighted by Gasteiger charge is 2.49. The Balaban J connectivity index is 2.31. The van der Waals surface area contributed by atoms with Crippen molar-refractivity contribution in [1.29, 1.82) is 0 Å². The van der Waals surface area contributed by atoms with Gasteiger partial charge in [0.2, 0.25) is 0 Å². The van der Waals surface area contributed by atoms with E-state index in [2.05, 4.69) is 29.8 Å². The van der Waals surface area contributed by atoms with Gasteiger partial charge in [-0.15, -0.1) is 0 Å². The summed E-state index contributed by atoms with van der Waals surface area (Å²) in [6.45, 7) is 4.18. The molecule has 0 amide bonds. The van der Waals surface area contributed by atoms with Crippen LogP contribution in [0.15, 0.2) is 16.6 Å². The second-order valence-electron chi connectivity index (χ2n) is 5.11. The summed E-state index contributed by atoms with van der Waals surface area (Å²) in [5.41, 5.74) is 6.40. The Bertz CT molecular complexity index is 431. The van der Waals surface area contributed by atoms with Gasteiger partial charge in [-0.25, -0.2) is 8.78 Å². The van der Waals surface area contributed by atoms with Gasteiger partial charge in [-0.05, 0) is 45.8 Å². The first-order valence-electron chi connectivity index (χ1n) is 5.23. The summed E-state index contributed by atoms with van der Waals surface area (Å²) < 4.78 is 27.1. The molecule has 0 heterocycles. The van der Waals surface area contributed by atoms with Crippen molar-refractivity contribution in [3.05, 3.63) is 33.8 Å². The van der Waals surface area contributed by atoms with E-state index < -0.39 is 17.7 Å². The fraction of sp³-hybridized carbons (Fsp3) is 0.500. The van der Waals surface area contributed by atoms with Crippen molar-refractivity contribution >= 4 is 15.9 Å². The smallest absolute Gasteiger partial charge is 0.137 e. The summed E-state index contributed by atoms with van der Waals surface area (Å²) in [6.07, 6.45) is 0.964. The van der Waals surface area contributed by atoms with Gasteiger partial charge in [0.25, 0.3) is 0 Å². The first kappa shape index (κ1) is 12.0. The highest BCUT2D eigenvalue weighted by Crippen LogP contribution is 2.57. The molecular weight excluding hydrogens is 276 g/mol. The third-order valence-electron chi connectivity index (χ3n) is 3.42. The molecule has 1 nitrogen and oxygen atoms in total. The van der Waals surface area contributed by atoms with E-state index in [9.17, 15) is 8.78 Å². The largest absolute Gasteiger partial charge is 0.324 e. The van der Waals surface area contributed by atoms with E-state index in [-0.39, 0.29) is 21.4 Å². The van der Waals surface area contributed by atoms with Crippen LogP contribution in [0.4, 0.5) is 8.78 Å². The molecule has 0 bridgehead atoms. The second kappa shape index (κ2) is 3.77. The molecule has 1 saturated carbocycles. The Kier molecular flexibility index (Phi) is 2.83. The van der Waals surface area contributed by atoms with Gasteiger partial charge in [0.05, 0.1) is 4.47 Å². The zero-order valence-electron chi connectivity index (χ0n) is 9.23. The van der Waals surface area contributed by atoms with Crippen LogP contribution in [0.25, 0.3) is 0 Å². The van der Waals surface area contributed by atoms with Crippen LogP contribution < -0.4 is 5.73 Å². The summed E-state index contributed by atoms with van der Waals surface area (Å²) in [5.74, 6) is -0.670. The Labute approximate surface area is 102 Å². The lowest BCUT2D eigenvalue weighted by molar-refractivity contribution is 0.469. The van der Waals surface area contributed by atoms with Gasteiger partial charge in [-0.3, -0.25) is 0 Å². The van der Waals surface area contributed by atoms with E-state index >= 15 is 0 Å². The average molecular weight is 290 g/mol. The highest BCUT2D eigenvalue weighted by atomic mass is 79.9. The molecule has 0 aromatic heterocycles. The lowest BCUT2D eigenvalue weighted by atomic mass is 9.97. The molecule has 0 spiro atoms. The maximum atomic E-state index is 13.6. The van der Waals surface area contributed by atoms with E-state index in [0.29, 0.717) is 0 Å². The predicted molar refractivity (Wildman–Crippen MR) is 62.9 cm³/mol. The van der Waals surface area contributed by atoms with Crippen LogP contribution in [0.2, 0.25) is 0 Å². The van der Waals surface area contributed by atoms with E-state index in [4.69, 9.17) is 5.73 Å². The van der Waals surface area contributed by atoms with Crippen LogP contribution in [-0.2, 0) is 0 Å². The van der Waals surface area contributed by atoms with Crippen LogP contribution in [0, 0.1) is 23.0 Å². The van der Waals surface area contributed by atoms with Crippen molar-refractivity contribution in [2.75, 3.05) is 0 Å². The van der Waals surface area contributed by atoms with Crippen molar-refractivity contribution in [3.8, 4) is 0 Å². The maximum Gasteiger partial charge on any atom is 0.137 e. The third-order valence-corrected chi connectivity index (χ3v) is 4.03. The van der Waals surface area contributed by atoms with Gasteiger partial charge in [0.1, 0.15) is 11.6 Å². The van der Waals surface area contributed by atoms with E-state index in [1.807, 2.05) is 0 Å². The molecule has 2 rings (SSSR count). The number of nitrogens with two attached hydrogens (primary N) is 1. The molecule has 88 valence electrons. The number of benzene rings is 1. The first-order chi connectivity index (χ1) is 7.33. The summed E-state index contributed by atoms with van der Waals surface area (Å²) in [6, 6.07) is 1.91. The minimum absolute atomic E-state index is 0.135. The Morgan fingerprint density at radius 3 is 2.44 bits per heavy atom. The van der Waals surface area contributed by atoms with Crippen LogP contribution in [0.1, 0.15) is 31.9 Å². The van der Waals surface area contributed by atoms with Crippen LogP contribution in [0.3, 0.4) is 0 Å². The predicted octanol–water partition coefficient (Wildman–Crippen LogP) is 3.77. The molecule has 2 atom stereocenters. The topological polar surface area (TPSA) is 26.0 Å².